The minimum absolute atomic E-state index is 0.231. The second-order valence-electron chi connectivity index (χ2n) is 4.89. The minimum Gasteiger partial charge on any atom is -0.392 e. The van der Waals surface area contributed by atoms with Gasteiger partial charge in [0.25, 0.3) is 0 Å². The summed E-state index contributed by atoms with van der Waals surface area (Å²) < 4.78 is 10.0. The molecular formula is C15H27ClO4. The number of carbonyl (C=O) groups is 2. The second kappa shape index (κ2) is 13.4. The third-order valence-corrected chi connectivity index (χ3v) is 3.03. The summed E-state index contributed by atoms with van der Waals surface area (Å²) in [4.78, 5) is 22.3. The van der Waals surface area contributed by atoms with Crippen LogP contribution in [0.5, 0.6) is 0 Å². The number of esters is 2. The van der Waals surface area contributed by atoms with Crippen LogP contribution < -0.4 is 0 Å². The molecule has 0 fully saturated rings. The monoisotopic (exact) mass is 306 g/mol. The van der Waals surface area contributed by atoms with Crippen LogP contribution in [-0.2, 0) is 19.1 Å². The van der Waals surface area contributed by atoms with Crippen molar-refractivity contribution in [1.29, 1.82) is 0 Å². The van der Waals surface area contributed by atoms with Crippen LogP contribution in [0, 0.1) is 0 Å². The van der Waals surface area contributed by atoms with Gasteiger partial charge in [-0.25, -0.2) is 4.79 Å². The first kappa shape index (κ1) is 19.4. The zero-order valence-corrected chi connectivity index (χ0v) is 13.4. The van der Waals surface area contributed by atoms with Crippen LogP contribution in [-0.4, -0.2) is 30.5 Å². The summed E-state index contributed by atoms with van der Waals surface area (Å²) in [6, 6.07) is 0. The largest absolute Gasteiger partial charge is 0.392 e. The van der Waals surface area contributed by atoms with E-state index in [0.29, 0.717) is 13.0 Å². The van der Waals surface area contributed by atoms with Gasteiger partial charge in [-0.15, -0.1) is 11.6 Å². The first-order valence-corrected chi connectivity index (χ1v) is 7.98. The fourth-order valence-corrected chi connectivity index (χ4v) is 1.67. The van der Waals surface area contributed by atoms with Gasteiger partial charge in [0.2, 0.25) is 0 Å². The highest BCUT2D eigenvalue weighted by molar-refractivity contribution is 6.30. The van der Waals surface area contributed by atoms with Crippen molar-refractivity contribution in [1.82, 2.24) is 0 Å². The molecule has 0 aliphatic heterocycles. The highest BCUT2D eigenvalue weighted by Gasteiger charge is 2.15. The summed E-state index contributed by atoms with van der Waals surface area (Å²) in [6.45, 7) is 5.12. The number of alkyl halides is 1. The summed E-state index contributed by atoms with van der Waals surface area (Å²) in [5, 5.41) is -0.782. The zero-order valence-electron chi connectivity index (χ0n) is 12.7. The quantitative estimate of drug-likeness (QED) is 0.238. The lowest BCUT2D eigenvalue weighted by atomic mass is 10.2. The standard InChI is InChI=1S/C15H27ClO4/c1-3-4-5-6-8-11-19-12-9-7-10-14(17)20-15(18)13(2)16/h13H,3-12H2,1-2H3. The molecule has 0 heterocycles. The minimum atomic E-state index is -0.782. The van der Waals surface area contributed by atoms with E-state index in [1.54, 1.807) is 0 Å². The molecule has 1 atom stereocenters. The fourth-order valence-electron chi connectivity index (χ4n) is 1.63. The highest BCUT2D eigenvalue weighted by Crippen LogP contribution is 2.04. The molecule has 0 amide bonds. The summed E-state index contributed by atoms with van der Waals surface area (Å²) in [6.07, 6.45) is 7.84. The summed E-state index contributed by atoms with van der Waals surface area (Å²) in [5.74, 6) is -1.19. The molecule has 0 aromatic heterocycles. The molecule has 0 bridgehead atoms. The lowest BCUT2D eigenvalue weighted by Crippen LogP contribution is -2.19. The van der Waals surface area contributed by atoms with Gasteiger partial charge in [0.1, 0.15) is 5.38 Å². The van der Waals surface area contributed by atoms with Crippen molar-refractivity contribution in [2.75, 3.05) is 13.2 Å². The van der Waals surface area contributed by atoms with Crippen LogP contribution in [0.1, 0.15) is 65.2 Å². The van der Waals surface area contributed by atoms with Gasteiger partial charge in [-0.05, 0) is 26.2 Å². The number of carbonyl (C=O) groups excluding carboxylic acids is 2. The Hall–Kier alpha value is -0.610. The molecule has 0 saturated heterocycles. The Balaban J connectivity index is 3.27. The summed E-state index contributed by atoms with van der Waals surface area (Å²) >= 11 is 5.49. The summed E-state index contributed by atoms with van der Waals surface area (Å²) in [7, 11) is 0. The van der Waals surface area contributed by atoms with Crippen molar-refractivity contribution in [3.63, 3.8) is 0 Å². The molecule has 0 N–H and O–H groups in total. The van der Waals surface area contributed by atoms with Crippen LogP contribution in [0.25, 0.3) is 0 Å². The van der Waals surface area contributed by atoms with Gasteiger partial charge in [0.05, 0.1) is 0 Å². The Morgan fingerprint density at radius 1 is 1.00 bits per heavy atom. The van der Waals surface area contributed by atoms with Gasteiger partial charge in [-0.2, -0.15) is 0 Å². The molecule has 20 heavy (non-hydrogen) atoms. The van der Waals surface area contributed by atoms with Gasteiger partial charge >= 0.3 is 11.9 Å². The Kier molecular flexibility index (Phi) is 13.0. The summed E-state index contributed by atoms with van der Waals surface area (Å²) in [5.41, 5.74) is 0. The molecule has 5 heteroatoms. The predicted octanol–water partition coefficient (Wildman–Crippen LogP) is 3.84. The number of halogens is 1. The Labute approximate surface area is 127 Å². The molecular weight excluding hydrogens is 280 g/mol. The van der Waals surface area contributed by atoms with Crippen molar-refractivity contribution < 1.29 is 19.1 Å². The van der Waals surface area contributed by atoms with Crippen LogP contribution in [0.4, 0.5) is 0 Å². The van der Waals surface area contributed by atoms with Crippen LogP contribution in [0.3, 0.4) is 0 Å². The van der Waals surface area contributed by atoms with Crippen LogP contribution in [0.15, 0.2) is 0 Å². The number of unbranched alkanes of at least 4 members (excludes halogenated alkanes) is 5. The zero-order chi connectivity index (χ0) is 15.2. The molecule has 0 radical (unpaired) electrons. The molecule has 0 saturated carbocycles. The third kappa shape index (κ3) is 12.4. The van der Waals surface area contributed by atoms with E-state index in [9.17, 15) is 9.59 Å². The van der Waals surface area contributed by atoms with Gasteiger partial charge in [0.15, 0.2) is 0 Å². The fraction of sp³-hybridized carbons (Fsp3) is 0.867. The Morgan fingerprint density at radius 3 is 2.20 bits per heavy atom. The van der Waals surface area contributed by atoms with E-state index >= 15 is 0 Å². The van der Waals surface area contributed by atoms with Crippen LogP contribution in [0.2, 0.25) is 0 Å². The average molecular weight is 307 g/mol. The molecule has 0 aliphatic rings. The molecule has 118 valence electrons. The maximum atomic E-state index is 11.3. The van der Waals surface area contributed by atoms with E-state index in [1.807, 2.05) is 0 Å². The van der Waals surface area contributed by atoms with E-state index in [2.05, 4.69) is 11.7 Å². The number of hydrogen-bond acceptors (Lipinski definition) is 4. The number of hydrogen-bond donors (Lipinski definition) is 0. The lowest BCUT2D eigenvalue weighted by Gasteiger charge is -2.05. The molecule has 0 rings (SSSR count). The number of rotatable bonds is 12. The second-order valence-corrected chi connectivity index (χ2v) is 5.55. The Bertz CT molecular complexity index is 267. The molecule has 0 aliphatic carbocycles. The lowest BCUT2D eigenvalue weighted by molar-refractivity contribution is -0.159. The van der Waals surface area contributed by atoms with Crippen LogP contribution >= 0.6 is 11.6 Å². The smallest absolute Gasteiger partial charge is 0.331 e. The van der Waals surface area contributed by atoms with Crippen molar-refractivity contribution >= 4 is 23.5 Å². The van der Waals surface area contributed by atoms with Crippen molar-refractivity contribution in [3.05, 3.63) is 0 Å². The van der Waals surface area contributed by atoms with Gasteiger partial charge in [0, 0.05) is 19.6 Å². The maximum absolute atomic E-state index is 11.3. The number of ether oxygens (including phenoxy) is 2. The molecule has 0 aromatic rings. The van der Waals surface area contributed by atoms with Gasteiger partial charge < -0.3 is 9.47 Å². The van der Waals surface area contributed by atoms with Crippen molar-refractivity contribution in [2.45, 2.75) is 70.6 Å². The SMILES string of the molecule is CCCCCCCOCCCCC(=O)OC(=O)C(C)Cl. The van der Waals surface area contributed by atoms with Crippen molar-refractivity contribution in [2.24, 2.45) is 0 Å². The van der Waals surface area contributed by atoms with E-state index in [0.717, 1.165) is 19.4 Å². The van der Waals surface area contributed by atoms with E-state index < -0.39 is 17.3 Å². The van der Waals surface area contributed by atoms with E-state index in [-0.39, 0.29) is 6.42 Å². The molecule has 4 nitrogen and oxygen atoms in total. The van der Waals surface area contributed by atoms with Gasteiger partial charge in [-0.1, -0.05) is 32.6 Å². The van der Waals surface area contributed by atoms with E-state index in [4.69, 9.17) is 16.3 Å². The van der Waals surface area contributed by atoms with E-state index in [1.165, 1.54) is 32.6 Å². The average Bonchev–Trinajstić information content (AvgIpc) is 2.40. The molecule has 0 aromatic carbocycles. The van der Waals surface area contributed by atoms with Crippen molar-refractivity contribution in [3.8, 4) is 0 Å². The predicted molar refractivity (Wildman–Crippen MR) is 79.8 cm³/mol. The third-order valence-electron chi connectivity index (χ3n) is 2.85. The molecule has 1 unspecified atom stereocenters. The normalized spacial score (nSPS) is 12.2. The topological polar surface area (TPSA) is 52.6 Å². The first-order valence-electron chi connectivity index (χ1n) is 7.54. The first-order chi connectivity index (χ1) is 9.57. The maximum Gasteiger partial charge on any atom is 0.331 e. The Morgan fingerprint density at radius 2 is 1.60 bits per heavy atom. The highest BCUT2D eigenvalue weighted by atomic mass is 35.5. The molecule has 0 spiro atoms. The van der Waals surface area contributed by atoms with Gasteiger partial charge in [-0.3, -0.25) is 4.79 Å².